The fraction of sp³-hybridized carbons (Fsp3) is 0.480. The van der Waals surface area contributed by atoms with Gasteiger partial charge in [0.2, 0.25) is 5.78 Å². The van der Waals surface area contributed by atoms with Gasteiger partial charge in [0.1, 0.15) is 22.8 Å². The molecule has 0 radical (unpaired) electrons. The van der Waals surface area contributed by atoms with Crippen molar-refractivity contribution in [3.63, 3.8) is 0 Å². The van der Waals surface area contributed by atoms with Crippen molar-refractivity contribution >= 4 is 28.9 Å². The van der Waals surface area contributed by atoms with E-state index in [0.29, 0.717) is 18.7 Å². The largest absolute Gasteiger partial charge is 0.508 e. The molecule has 1 fully saturated rings. The maximum absolute atomic E-state index is 13.8. The molecule has 10 nitrogen and oxygen atoms in total. The molecule has 1 saturated carbocycles. The van der Waals surface area contributed by atoms with Crippen LogP contribution in [0, 0.1) is 11.8 Å². The maximum Gasteiger partial charge on any atom is 0.255 e. The minimum atomic E-state index is -2.63. The monoisotopic (exact) mass is 485 g/mol. The SMILES string of the molecule is CCN(CC)c1ccc(O)c2c1CC1CC3[C@H](N(C)C)C(=O)C(C(N)=O)=C(O)C3(O)C(=O)C1=C2O. The number of aliphatic hydroxyl groups excluding tert-OH is 2. The van der Waals surface area contributed by atoms with Gasteiger partial charge in [-0.1, -0.05) is 0 Å². The maximum atomic E-state index is 13.8. The van der Waals surface area contributed by atoms with Crippen molar-refractivity contribution in [3.05, 3.63) is 40.2 Å². The number of aromatic hydroxyl groups is 1. The number of nitrogens with zero attached hydrogens (tertiary/aromatic N) is 2. The number of rotatable bonds is 5. The van der Waals surface area contributed by atoms with Crippen LogP contribution in [0.4, 0.5) is 5.69 Å². The highest BCUT2D eigenvalue weighted by Crippen LogP contribution is 2.53. The predicted molar refractivity (Wildman–Crippen MR) is 128 cm³/mol. The Morgan fingerprint density at radius 2 is 1.77 bits per heavy atom. The summed E-state index contributed by atoms with van der Waals surface area (Å²) in [4.78, 5) is 42.5. The third kappa shape index (κ3) is 3.27. The molecule has 3 aliphatic carbocycles. The van der Waals surface area contributed by atoms with Crippen LogP contribution in [0.1, 0.15) is 31.4 Å². The fourth-order valence-electron chi connectivity index (χ4n) is 6.09. The second-order valence-electron chi connectivity index (χ2n) is 9.59. The van der Waals surface area contributed by atoms with Gasteiger partial charge in [-0.15, -0.1) is 0 Å². The molecule has 0 spiro atoms. The first-order valence-electron chi connectivity index (χ1n) is 11.7. The molecule has 35 heavy (non-hydrogen) atoms. The Hall–Kier alpha value is -3.37. The highest BCUT2D eigenvalue weighted by molar-refractivity contribution is 6.24. The Balaban J connectivity index is 1.97. The van der Waals surface area contributed by atoms with Gasteiger partial charge in [-0.25, -0.2) is 0 Å². The van der Waals surface area contributed by atoms with E-state index in [1.54, 1.807) is 20.2 Å². The average molecular weight is 486 g/mol. The van der Waals surface area contributed by atoms with E-state index >= 15 is 0 Å². The van der Waals surface area contributed by atoms with Crippen molar-refractivity contribution in [1.29, 1.82) is 0 Å². The molecule has 6 N–H and O–H groups in total. The number of carbonyl (C=O) groups is 3. The van der Waals surface area contributed by atoms with Gasteiger partial charge in [-0.05, 0) is 64.4 Å². The summed E-state index contributed by atoms with van der Waals surface area (Å²) < 4.78 is 0. The van der Waals surface area contributed by atoms with Crippen molar-refractivity contribution in [1.82, 2.24) is 4.90 Å². The van der Waals surface area contributed by atoms with Gasteiger partial charge in [0.15, 0.2) is 11.4 Å². The zero-order chi connectivity index (χ0) is 26.0. The van der Waals surface area contributed by atoms with Crippen LogP contribution in [0.25, 0.3) is 5.76 Å². The summed E-state index contributed by atoms with van der Waals surface area (Å²) >= 11 is 0. The summed E-state index contributed by atoms with van der Waals surface area (Å²) in [5, 5.41) is 44.3. The van der Waals surface area contributed by atoms with Crippen LogP contribution in [0.3, 0.4) is 0 Å². The van der Waals surface area contributed by atoms with Crippen molar-refractivity contribution in [3.8, 4) is 5.75 Å². The molecule has 10 heteroatoms. The standard InChI is InChI=1S/C25H31N3O7/c1-5-28(6-2)14-7-8-15(29)17-12(14)9-11-10-13-19(27(3)4)21(31)18(24(26)34)23(33)25(13,35)22(32)16(11)20(17)30/h7-8,11,13,19,29-30,33,35H,5-6,9-10H2,1-4H3,(H2,26,34)/t11?,13?,19-,25?/m0/s1. The Bertz CT molecular complexity index is 1200. The second-order valence-corrected chi connectivity index (χ2v) is 9.59. The molecule has 1 amide bonds. The second kappa shape index (κ2) is 8.39. The lowest BCUT2D eigenvalue weighted by molar-refractivity contribution is -0.153. The van der Waals surface area contributed by atoms with Crippen molar-refractivity contribution in [2.45, 2.75) is 38.3 Å². The molecule has 0 saturated heterocycles. The Morgan fingerprint density at radius 3 is 2.31 bits per heavy atom. The highest BCUT2D eigenvalue weighted by Gasteiger charge is 2.64. The number of Topliss-reactive ketones (excluding diaryl/α,β-unsaturated/α-hetero) is 2. The van der Waals surface area contributed by atoms with Crippen LogP contribution in [-0.4, -0.2) is 81.6 Å². The van der Waals surface area contributed by atoms with Gasteiger partial charge < -0.3 is 31.1 Å². The summed E-state index contributed by atoms with van der Waals surface area (Å²) in [6, 6.07) is 2.11. The van der Waals surface area contributed by atoms with E-state index in [9.17, 15) is 34.8 Å². The molecular formula is C25H31N3O7. The zero-order valence-corrected chi connectivity index (χ0v) is 20.2. The molecule has 1 aromatic rings. The van der Waals surface area contributed by atoms with E-state index < -0.39 is 58.0 Å². The van der Waals surface area contributed by atoms with Gasteiger partial charge in [0, 0.05) is 30.3 Å². The number of amides is 1. The van der Waals surface area contributed by atoms with Gasteiger partial charge in [-0.3, -0.25) is 19.3 Å². The number of likely N-dealkylation sites (N-methyl/N-ethyl adjacent to an activating group) is 1. The van der Waals surface area contributed by atoms with E-state index in [1.165, 1.54) is 11.0 Å². The predicted octanol–water partition coefficient (Wildman–Crippen LogP) is 0.810. The third-order valence-corrected chi connectivity index (χ3v) is 7.68. The molecular weight excluding hydrogens is 454 g/mol. The number of benzene rings is 1. The number of ketones is 2. The first-order valence-corrected chi connectivity index (χ1v) is 11.7. The van der Waals surface area contributed by atoms with E-state index in [4.69, 9.17) is 5.73 Å². The van der Waals surface area contributed by atoms with Crippen LogP contribution < -0.4 is 10.6 Å². The smallest absolute Gasteiger partial charge is 0.255 e. The molecule has 3 unspecified atom stereocenters. The van der Waals surface area contributed by atoms with Crippen LogP contribution >= 0.6 is 0 Å². The lowest BCUT2D eigenvalue weighted by Crippen LogP contribution is -2.65. The fourth-order valence-corrected chi connectivity index (χ4v) is 6.09. The molecule has 0 aromatic heterocycles. The lowest BCUT2D eigenvalue weighted by Gasteiger charge is -2.50. The highest BCUT2D eigenvalue weighted by atomic mass is 16.3. The first kappa shape index (κ1) is 24.7. The molecule has 3 aliphatic rings. The number of fused-ring (bicyclic) bond motifs is 3. The van der Waals surface area contributed by atoms with E-state index in [2.05, 4.69) is 4.90 Å². The first-order chi connectivity index (χ1) is 16.4. The Morgan fingerprint density at radius 1 is 1.14 bits per heavy atom. The molecule has 188 valence electrons. The summed E-state index contributed by atoms with van der Waals surface area (Å²) in [5.41, 5.74) is 3.31. The van der Waals surface area contributed by atoms with Crippen molar-refractivity contribution < 1.29 is 34.8 Å². The van der Waals surface area contributed by atoms with E-state index in [1.807, 2.05) is 13.8 Å². The Kier molecular flexibility index (Phi) is 5.93. The van der Waals surface area contributed by atoms with Crippen molar-refractivity contribution in [2.24, 2.45) is 17.6 Å². The third-order valence-electron chi connectivity index (χ3n) is 7.68. The van der Waals surface area contributed by atoms with Gasteiger partial charge in [-0.2, -0.15) is 0 Å². The minimum absolute atomic E-state index is 0.0686. The van der Waals surface area contributed by atoms with Crippen LogP contribution in [-0.2, 0) is 20.8 Å². The summed E-state index contributed by atoms with van der Waals surface area (Å²) in [7, 11) is 3.15. The van der Waals surface area contributed by atoms with Gasteiger partial charge in [0.25, 0.3) is 5.91 Å². The normalized spacial score (nSPS) is 28.1. The van der Waals surface area contributed by atoms with E-state index in [0.717, 1.165) is 5.69 Å². The number of phenols is 1. The molecule has 1 aromatic carbocycles. The van der Waals surface area contributed by atoms with Gasteiger partial charge >= 0.3 is 0 Å². The number of phenolic OH excluding ortho intramolecular Hbond substituents is 1. The minimum Gasteiger partial charge on any atom is -0.508 e. The number of hydrogen-bond donors (Lipinski definition) is 5. The molecule has 0 heterocycles. The van der Waals surface area contributed by atoms with Crippen LogP contribution in [0.5, 0.6) is 5.75 Å². The summed E-state index contributed by atoms with van der Waals surface area (Å²) in [6.07, 6.45) is 0.341. The number of hydrogen-bond acceptors (Lipinski definition) is 9. The molecule has 4 atom stereocenters. The van der Waals surface area contributed by atoms with Gasteiger partial charge in [0.05, 0.1) is 11.6 Å². The van der Waals surface area contributed by atoms with E-state index in [-0.39, 0.29) is 29.7 Å². The zero-order valence-electron chi connectivity index (χ0n) is 20.2. The number of carbonyl (C=O) groups excluding carboxylic acids is 3. The Labute approximate surface area is 202 Å². The average Bonchev–Trinajstić information content (AvgIpc) is 2.78. The number of nitrogens with two attached hydrogens (primary N) is 1. The lowest BCUT2D eigenvalue weighted by atomic mass is 9.57. The quantitative estimate of drug-likeness (QED) is 0.380. The summed E-state index contributed by atoms with van der Waals surface area (Å²) in [6.45, 7) is 5.33. The number of aliphatic hydroxyl groups is 3. The summed E-state index contributed by atoms with van der Waals surface area (Å²) in [5.74, 6) is -6.49. The van der Waals surface area contributed by atoms with Crippen LogP contribution in [0.15, 0.2) is 29.0 Å². The van der Waals surface area contributed by atoms with Crippen LogP contribution in [0.2, 0.25) is 0 Å². The molecule has 0 aliphatic heterocycles. The number of anilines is 1. The molecule has 4 rings (SSSR count). The number of primary amides is 1. The topological polar surface area (TPSA) is 165 Å². The van der Waals surface area contributed by atoms with Crippen molar-refractivity contribution in [2.75, 3.05) is 32.1 Å². The molecule has 0 bridgehead atoms.